The number of fused-ring (bicyclic) bond motifs is 1. The van der Waals surface area contributed by atoms with Gasteiger partial charge in [0, 0.05) is 25.7 Å². The standard InChI is InChI=1S/C24H26N2O3/c1-17(27)25-14-13-19-5-3-4-6-22(19)23(25)15-24(28)26(20-9-10-20)16-18-7-11-21(29-2)12-8-18/h3-8,11-14,20,23H,9-10,15-16H2,1-2H3. The molecule has 1 saturated carbocycles. The van der Waals surface area contributed by atoms with Crippen LogP contribution in [0.1, 0.15) is 48.9 Å². The molecule has 1 aliphatic carbocycles. The molecule has 2 aromatic carbocycles. The minimum absolute atomic E-state index is 0.0540. The van der Waals surface area contributed by atoms with Crippen molar-refractivity contribution in [1.82, 2.24) is 9.80 Å². The van der Waals surface area contributed by atoms with E-state index in [0.29, 0.717) is 12.6 Å². The van der Waals surface area contributed by atoms with Gasteiger partial charge in [-0.15, -0.1) is 0 Å². The molecule has 0 spiro atoms. The second-order valence-electron chi connectivity index (χ2n) is 7.69. The van der Waals surface area contributed by atoms with Crippen LogP contribution in [0.25, 0.3) is 6.08 Å². The van der Waals surface area contributed by atoms with E-state index in [1.54, 1.807) is 25.1 Å². The van der Waals surface area contributed by atoms with Crippen LogP contribution >= 0.6 is 0 Å². The molecule has 4 rings (SSSR count). The summed E-state index contributed by atoms with van der Waals surface area (Å²) in [6, 6.07) is 15.9. The molecule has 2 aliphatic rings. The van der Waals surface area contributed by atoms with Gasteiger partial charge in [-0.25, -0.2) is 0 Å². The third-order valence-electron chi connectivity index (χ3n) is 5.66. The summed E-state index contributed by atoms with van der Waals surface area (Å²) in [5.41, 5.74) is 3.17. The van der Waals surface area contributed by atoms with Gasteiger partial charge in [0.2, 0.25) is 11.8 Å². The molecule has 2 amide bonds. The summed E-state index contributed by atoms with van der Waals surface area (Å²) in [7, 11) is 1.65. The molecular weight excluding hydrogens is 364 g/mol. The number of rotatable bonds is 6. The Morgan fingerprint density at radius 1 is 1.10 bits per heavy atom. The third-order valence-corrected chi connectivity index (χ3v) is 5.66. The number of carbonyl (C=O) groups excluding carboxylic acids is 2. The van der Waals surface area contributed by atoms with E-state index in [4.69, 9.17) is 4.74 Å². The quantitative estimate of drug-likeness (QED) is 0.745. The first-order chi connectivity index (χ1) is 14.1. The van der Waals surface area contributed by atoms with Crippen molar-refractivity contribution in [3.63, 3.8) is 0 Å². The summed E-state index contributed by atoms with van der Waals surface area (Å²) in [5.74, 6) is 0.840. The van der Waals surface area contributed by atoms with Crippen molar-refractivity contribution in [1.29, 1.82) is 0 Å². The lowest BCUT2D eigenvalue weighted by Gasteiger charge is -2.34. The highest BCUT2D eigenvalue weighted by Crippen LogP contribution is 2.35. The molecule has 0 aromatic heterocycles. The summed E-state index contributed by atoms with van der Waals surface area (Å²) >= 11 is 0. The van der Waals surface area contributed by atoms with E-state index in [1.165, 1.54) is 0 Å². The highest BCUT2D eigenvalue weighted by Gasteiger charge is 2.36. The smallest absolute Gasteiger partial charge is 0.225 e. The van der Waals surface area contributed by atoms with E-state index in [0.717, 1.165) is 35.3 Å². The maximum Gasteiger partial charge on any atom is 0.225 e. The van der Waals surface area contributed by atoms with Gasteiger partial charge < -0.3 is 14.5 Å². The zero-order valence-corrected chi connectivity index (χ0v) is 16.9. The Bertz CT molecular complexity index is 931. The first-order valence-corrected chi connectivity index (χ1v) is 10.0. The molecule has 150 valence electrons. The maximum atomic E-state index is 13.3. The zero-order valence-electron chi connectivity index (χ0n) is 16.9. The molecule has 5 heteroatoms. The fourth-order valence-corrected chi connectivity index (χ4v) is 3.93. The summed E-state index contributed by atoms with van der Waals surface area (Å²) in [6.45, 7) is 2.13. The molecule has 0 saturated heterocycles. The van der Waals surface area contributed by atoms with Gasteiger partial charge in [0.1, 0.15) is 5.75 Å². The summed E-state index contributed by atoms with van der Waals surface area (Å²) in [5, 5.41) is 0. The van der Waals surface area contributed by atoms with Crippen LogP contribution in [0.4, 0.5) is 0 Å². The van der Waals surface area contributed by atoms with Crippen molar-refractivity contribution in [2.24, 2.45) is 0 Å². The molecule has 0 bridgehead atoms. The van der Waals surface area contributed by atoms with Gasteiger partial charge in [-0.2, -0.15) is 0 Å². The largest absolute Gasteiger partial charge is 0.497 e. The Morgan fingerprint density at radius 2 is 1.83 bits per heavy atom. The summed E-state index contributed by atoms with van der Waals surface area (Å²) < 4.78 is 5.22. The molecule has 0 N–H and O–H groups in total. The van der Waals surface area contributed by atoms with Crippen LogP contribution in [-0.4, -0.2) is 34.8 Å². The molecule has 2 aromatic rings. The molecule has 1 fully saturated rings. The van der Waals surface area contributed by atoms with E-state index in [1.807, 2.05) is 59.5 Å². The average Bonchev–Trinajstić information content (AvgIpc) is 3.57. The third kappa shape index (κ3) is 4.19. The first-order valence-electron chi connectivity index (χ1n) is 10.0. The Kier molecular flexibility index (Phi) is 5.38. The molecule has 1 aliphatic heterocycles. The summed E-state index contributed by atoms with van der Waals surface area (Å²) in [6.07, 6.45) is 6.10. The number of methoxy groups -OCH3 is 1. The molecule has 1 unspecified atom stereocenters. The van der Waals surface area contributed by atoms with Gasteiger partial charge in [0.15, 0.2) is 0 Å². The molecule has 0 radical (unpaired) electrons. The van der Waals surface area contributed by atoms with Crippen molar-refractivity contribution in [2.75, 3.05) is 7.11 Å². The van der Waals surface area contributed by atoms with E-state index in [-0.39, 0.29) is 24.3 Å². The maximum absolute atomic E-state index is 13.3. The van der Waals surface area contributed by atoms with Gasteiger partial charge in [-0.1, -0.05) is 36.4 Å². The van der Waals surface area contributed by atoms with Crippen molar-refractivity contribution < 1.29 is 14.3 Å². The fourth-order valence-electron chi connectivity index (χ4n) is 3.93. The van der Waals surface area contributed by atoms with E-state index < -0.39 is 0 Å². The molecule has 29 heavy (non-hydrogen) atoms. The van der Waals surface area contributed by atoms with Gasteiger partial charge >= 0.3 is 0 Å². The lowest BCUT2D eigenvalue weighted by atomic mass is 9.93. The minimum atomic E-state index is -0.265. The number of ether oxygens (including phenoxy) is 1. The predicted octanol–water partition coefficient (Wildman–Crippen LogP) is 4.15. The SMILES string of the molecule is COc1ccc(CN(C(=O)CC2c3ccccc3C=CN2C(C)=O)C2CC2)cc1. The van der Waals surface area contributed by atoms with Gasteiger partial charge in [-0.3, -0.25) is 9.59 Å². The molecular formula is C24H26N2O3. The Labute approximate surface area is 171 Å². The Balaban J connectivity index is 1.54. The van der Waals surface area contributed by atoms with E-state index in [9.17, 15) is 9.59 Å². The highest BCUT2D eigenvalue weighted by molar-refractivity contribution is 5.82. The number of nitrogens with zero attached hydrogens (tertiary/aromatic N) is 2. The zero-order chi connectivity index (χ0) is 20.4. The first kappa shape index (κ1) is 19.2. The lowest BCUT2D eigenvalue weighted by Crippen LogP contribution is -2.38. The van der Waals surface area contributed by atoms with Crippen LogP contribution in [-0.2, 0) is 16.1 Å². The monoisotopic (exact) mass is 390 g/mol. The number of hydrogen-bond donors (Lipinski definition) is 0. The minimum Gasteiger partial charge on any atom is -0.497 e. The molecule has 1 heterocycles. The average molecular weight is 390 g/mol. The molecule has 1 atom stereocenters. The Morgan fingerprint density at radius 3 is 2.48 bits per heavy atom. The van der Waals surface area contributed by atoms with Crippen LogP contribution < -0.4 is 4.74 Å². The number of hydrogen-bond acceptors (Lipinski definition) is 3. The van der Waals surface area contributed by atoms with E-state index in [2.05, 4.69) is 0 Å². The summed E-state index contributed by atoms with van der Waals surface area (Å²) in [4.78, 5) is 29.2. The topological polar surface area (TPSA) is 49.9 Å². The van der Waals surface area contributed by atoms with Gasteiger partial charge in [0.25, 0.3) is 0 Å². The second-order valence-corrected chi connectivity index (χ2v) is 7.69. The van der Waals surface area contributed by atoms with Gasteiger partial charge in [-0.05, 0) is 47.7 Å². The van der Waals surface area contributed by atoms with Crippen LogP contribution in [0.2, 0.25) is 0 Å². The fraction of sp³-hybridized carbons (Fsp3) is 0.333. The predicted molar refractivity (Wildman–Crippen MR) is 112 cm³/mol. The van der Waals surface area contributed by atoms with Crippen molar-refractivity contribution in [3.8, 4) is 5.75 Å². The van der Waals surface area contributed by atoms with Crippen LogP contribution in [0, 0.1) is 0 Å². The van der Waals surface area contributed by atoms with Crippen molar-refractivity contribution >= 4 is 17.9 Å². The van der Waals surface area contributed by atoms with E-state index >= 15 is 0 Å². The lowest BCUT2D eigenvalue weighted by molar-refractivity contribution is -0.135. The highest BCUT2D eigenvalue weighted by atomic mass is 16.5. The van der Waals surface area contributed by atoms with Crippen LogP contribution in [0.15, 0.2) is 54.7 Å². The number of amides is 2. The number of benzene rings is 2. The molecule has 5 nitrogen and oxygen atoms in total. The number of carbonyl (C=O) groups is 2. The Hall–Kier alpha value is -3.08. The normalized spacial score (nSPS) is 17.6. The van der Waals surface area contributed by atoms with Gasteiger partial charge in [0.05, 0.1) is 19.6 Å². The van der Waals surface area contributed by atoms with Crippen LogP contribution in [0.3, 0.4) is 0 Å². The second kappa shape index (κ2) is 8.11. The van der Waals surface area contributed by atoms with Crippen LogP contribution in [0.5, 0.6) is 5.75 Å². The van der Waals surface area contributed by atoms with Crippen molar-refractivity contribution in [3.05, 3.63) is 71.4 Å². The van der Waals surface area contributed by atoms with Crippen molar-refractivity contribution in [2.45, 2.75) is 44.8 Å².